The Labute approximate surface area is 140 Å². The Morgan fingerprint density at radius 3 is 2.79 bits per heavy atom. The zero-order valence-corrected chi connectivity index (χ0v) is 13.7. The van der Waals surface area contributed by atoms with E-state index in [-0.39, 0.29) is 24.2 Å². The van der Waals surface area contributed by atoms with Crippen molar-refractivity contribution in [3.05, 3.63) is 53.6 Å². The van der Waals surface area contributed by atoms with E-state index in [9.17, 15) is 9.59 Å². The second-order valence-electron chi connectivity index (χ2n) is 5.90. The van der Waals surface area contributed by atoms with E-state index in [1.807, 2.05) is 31.2 Å². The fourth-order valence-electron chi connectivity index (χ4n) is 2.84. The van der Waals surface area contributed by atoms with E-state index in [4.69, 9.17) is 4.74 Å². The van der Waals surface area contributed by atoms with Gasteiger partial charge in [-0.05, 0) is 38.3 Å². The molecule has 6 nitrogen and oxygen atoms in total. The highest BCUT2D eigenvalue weighted by atomic mass is 16.5. The second-order valence-corrected chi connectivity index (χ2v) is 5.90. The number of hydrogen-bond donors (Lipinski definition) is 0. The van der Waals surface area contributed by atoms with Crippen molar-refractivity contribution in [1.82, 2.24) is 9.97 Å². The minimum atomic E-state index is -0.645. The fourth-order valence-corrected chi connectivity index (χ4v) is 2.84. The van der Waals surface area contributed by atoms with Crippen LogP contribution in [-0.2, 0) is 16.0 Å². The molecule has 0 saturated heterocycles. The summed E-state index contributed by atoms with van der Waals surface area (Å²) in [5.74, 6) is -0.878. The number of esters is 1. The molecule has 0 unspecified atom stereocenters. The minimum Gasteiger partial charge on any atom is -0.451 e. The molecular formula is C18H19N3O3. The molecule has 0 aliphatic carbocycles. The molecule has 1 aromatic carbocycles. The molecule has 0 saturated carbocycles. The molecule has 1 aromatic heterocycles. The van der Waals surface area contributed by atoms with Crippen LogP contribution < -0.4 is 4.90 Å². The molecule has 2 heterocycles. The van der Waals surface area contributed by atoms with Gasteiger partial charge >= 0.3 is 5.97 Å². The summed E-state index contributed by atoms with van der Waals surface area (Å²) in [5, 5.41) is 0. The van der Waals surface area contributed by atoms with Gasteiger partial charge in [0.05, 0.1) is 11.9 Å². The molecule has 24 heavy (non-hydrogen) atoms. The first-order valence-electron chi connectivity index (χ1n) is 7.92. The molecule has 6 heteroatoms. The molecule has 2 aromatic rings. The third-order valence-electron chi connectivity index (χ3n) is 4.11. The fraction of sp³-hybridized carbons (Fsp3) is 0.333. The van der Waals surface area contributed by atoms with Gasteiger partial charge in [-0.2, -0.15) is 0 Å². The van der Waals surface area contributed by atoms with Crippen molar-refractivity contribution in [2.24, 2.45) is 0 Å². The maximum Gasteiger partial charge on any atom is 0.359 e. The Morgan fingerprint density at radius 2 is 2.04 bits per heavy atom. The van der Waals surface area contributed by atoms with Gasteiger partial charge in [0.15, 0.2) is 12.3 Å². The van der Waals surface area contributed by atoms with Crippen molar-refractivity contribution < 1.29 is 14.3 Å². The highest BCUT2D eigenvalue weighted by Gasteiger charge is 2.28. The summed E-state index contributed by atoms with van der Waals surface area (Å²) in [6.07, 6.45) is 4.67. The molecule has 0 bridgehead atoms. The van der Waals surface area contributed by atoms with Crippen molar-refractivity contribution in [1.29, 1.82) is 0 Å². The van der Waals surface area contributed by atoms with Crippen molar-refractivity contribution in [2.75, 3.05) is 11.5 Å². The summed E-state index contributed by atoms with van der Waals surface area (Å²) < 4.78 is 5.11. The number of hydrogen-bond acceptors (Lipinski definition) is 5. The normalized spacial score (nSPS) is 16.4. The first kappa shape index (κ1) is 16.1. The molecular weight excluding hydrogens is 306 g/mol. The van der Waals surface area contributed by atoms with E-state index in [0.717, 1.165) is 24.1 Å². The molecule has 1 aliphatic rings. The molecule has 1 aliphatic heterocycles. The number of carbonyl (C=O) groups excluding carboxylic acids is 2. The number of benzene rings is 1. The zero-order chi connectivity index (χ0) is 17.1. The molecule has 0 N–H and O–H groups in total. The maximum atomic E-state index is 12.6. The van der Waals surface area contributed by atoms with Crippen LogP contribution in [0.2, 0.25) is 0 Å². The van der Waals surface area contributed by atoms with Crippen molar-refractivity contribution in [3.8, 4) is 0 Å². The van der Waals surface area contributed by atoms with Gasteiger partial charge in [-0.15, -0.1) is 0 Å². The van der Waals surface area contributed by atoms with Crippen molar-refractivity contribution in [2.45, 2.75) is 32.7 Å². The van der Waals surface area contributed by atoms with E-state index in [0.29, 0.717) is 5.69 Å². The molecule has 0 fully saturated rings. The van der Waals surface area contributed by atoms with Gasteiger partial charge in [-0.3, -0.25) is 9.78 Å². The number of rotatable bonds is 3. The third-order valence-corrected chi connectivity index (χ3v) is 4.11. The molecule has 0 radical (unpaired) electrons. The summed E-state index contributed by atoms with van der Waals surface area (Å²) in [5.41, 5.74) is 2.84. The number of para-hydroxylation sites is 1. The van der Waals surface area contributed by atoms with E-state index in [1.165, 1.54) is 12.4 Å². The van der Waals surface area contributed by atoms with Crippen LogP contribution in [0, 0.1) is 6.92 Å². The maximum absolute atomic E-state index is 12.6. The Hall–Kier alpha value is -2.76. The van der Waals surface area contributed by atoms with Crippen LogP contribution in [0.5, 0.6) is 0 Å². The number of anilines is 1. The van der Waals surface area contributed by atoms with Crippen LogP contribution in [0.4, 0.5) is 5.69 Å². The first-order valence-corrected chi connectivity index (χ1v) is 7.92. The van der Waals surface area contributed by atoms with Crippen LogP contribution >= 0.6 is 0 Å². The van der Waals surface area contributed by atoms with Gasteiger partial charge < -0.3 is 9.64 Å². The summed E-state index contributed by atoms with van der Waals surface area (Å²) >= 11 is 0. The largest absolute Gasteiger partial charge is 0.451 e. The monoisotopic (exact) mass is 325 g/mol. The SMILES string of the molecule is Cc1cnc(C(=O)OCC(=O)N2c3ccccc3CC[C@@H]2C)cn1. The smallest absolute Gasteiger partial charge is 0.359 e. The average molecular weight is 325 g/mol. The predicted octanol–water partition coefficient (Wildman–Crippen LogP) is 2.31. The first-order chi connectivity index (χ1) is 11.6. The van der Waals surface area contributed by atoms with Gasteiger partial charge in [-0.25, -0.2) is 9.78 Å². The lowest BCUT2D eigenvalue weighted by Gasteiger charge is -2.35. The molecule has 3 rings (SSSR count). The summed E-state index contributed by atoms with van der Waals surface area (Å²) in [4.78, 5) is 34.2. The number of aryl methyl sites for hydroxylation is 2. The Balaban J connectivity index is 1.69. The summed E-state index contributed by atoms with van der Waals surface area (Å²) in [6, 6.07) is 7.90. The highest BCUT2D eigenvalue weighted by Crippen LogP contribution is 2.30. The summed E-state index contributed by atoms with van der Waals surface area (Å²) in [6.45, 7) is 3.47. The van der Waals surface area contributed by atoms with Crippen LogP contribution in [-0.4, -0.2) is 34.5 Å². The third kappa shape index (κ3) is 3.27. The molecule has 0 spiro atoms. The highest BCUT2D eigenvalue weighted by molar-refractivity contribution is 5.98. The van der Waals surface area contributed by atoms with E-state index < -0.39 is 5.97 Å². The van der Waals surface area contributed by atoms with E-state index >= 15 is 0 Å². The second kappa shape index (κ2) is 6.78. The van der Waals surface area contributed by atoms with Gasteiger partial charge in [-0.1, -0.05) is 18.2 Å². The van der Waals surface area contributed by atoms with Gasteiger partial charge in [0, 0.05) is 17.9 Å². The predicted molar refractivity (Wildman–Crippen MR) is 88.8 cm³/mol. The van der Waals surface area contributed by atoms with Crippen LogP contribution in [0.15, 0.2) is 36.7 Å². The lowest BCUT2D eigenvalue weighted by atomic mass is 9.96. The van der Waals surface area contributed by atoms with Crippen LogP contribution in [0.3, 0.4) is 0 Å². The van der Waals surface area contributed by atoms with E-state index in [1.54, 1.807) is 11.8 Å². The minimum absolute atomic E-state index is 0.0743. The van der Waals surface area contributed by atoms with Gasteiger partial charge in [0.25, 0.3) is 5.91 Å². The number of fused-ring (bicyclic) bond motifs is 1. The quantitative estimate of drug-likeness (QED) is 0.810. The zero-order valence-electron chi connectivity index (χ0n) is 13.7. The number of ether oxygens (including phenoxy) is 1. The number of nitrogens with zero attached hydrogens (tertiary/aromatic N) is 3. The standard InChI is InChI=1S/C18H19N3O3/c1-12-9-20-15(10-19-12)18(23)24-11-17(22)21-13(2)7-8-14-5-3-4-6-16(14)21/h3-6,9-10,13H,7-8,11H2,1-2H3/t13-/m0/s1. The summed E-state index contributed by atoms with van der Waals surface area (Å²) in [7, 11) is 0. The Kier molecular flexibility index (Phi) is 4.55. The average Bonchev–Trinajstić information content (AvgIpc) is 2.60. The number of amides is 1. The van der Waals surface area contributed by atoms with Crippen molar-refractivity contribution >= 4 is 17.6 Å². The Bertz CT molecular complexity index is 758. The lowest BCUT2D eigenvalue weighted by Crippen LogP contribution is -2.44. The van der Waals surface area contributed by atoms with Crippen molar-refractivity contribution in [3.63, 3.8) is 0 Å². The van der Waals surface area contributed by atoms with Gasteiger partial charge in [0.2, 0.25) is 0 Å². The number of carbonyl (C=O) groups is 2. The molecule has 1 amide bonds. The molecule has 1 atom stereocenters. The lowest BCUT2D eigenvalue weighted by molar-refractivity contribution is -0.122. The number of aromatic nitrogens is 2. The molecule has 124 valence electrons. The van der Waals surface area contributed by atoms with E-state index in [2.05, 4.69) is 9.97 Å². The van der Waals surface area contributed by atoms with Crippen LogP contribution in [0.25, 0.3) is 0 Å². The Morgan fingerprint density at radius 1 is 1.25 bits per heavy atom. The topological polar surface area (TPSA) is 72.4 Å². The van der Waals surface area contributed by atoms with Crippen LogP contribution in [0.1, 0.15) is 35.1 Å². The van der Waals surface area contributed by atoms with Gasteiger partial charge in [0.1, 0.15) is 0 Å².